The van der Waals surface area contributed by atoms with Gasteiger partial charge < -0.3 is 16.0 Å². The number of thiophene rings is 1. The number of rotatable bonds is 2. The van der Waals surface area contributed by atoms with E-state index < -0.39 is 0 Å². The van der Waals surface area contributed by atoms with E-state index in [1.54, 1.807) is 6.07 Å². The molecule has 1 fully saturated rings. The minimum absolute atomic E-state index is 0.0840. The number of benzene rings is 1. The lowest BCUT2D eigenvalue weighted by atomic mass is 10.1. The molecule has 1 aliphatic rings. The average Bonchev–Trinajstić information content (AvgIpc) is 2.80. The summed E-state index contributed by atoms with van der Waals surface area (Å²) in [5.41, 5.74) is 6.62. The number of hydrogen-bond acceptors (Lipinski definition) is 4. The first-order valence-electron chi connectivity index (χ1n) is 7.02. The summed E-state index contributed by atoms with van der Waals surface area (Å²) in [5.74, 6) is -0.0840. The van der Waals surface area contributed by atoms with E-state index in [4.69, 9.17) is 17.3 Å². The third-order valence-electron chi connectivity index (χ3n) is 3.96. The smallest absolute Gasteiger partial charge is 0.263 e. The van der Waals surface area contributed by atoms with Crippen LogP contribution in [0.1, 0.15) is 22.5 Å². The first-order chi connectivity index (χ1) is 10.1. The molecule has 2 heterocycles. The number of piperidine rings is 1. The second-order valence-electron chi connectivity index (χ2n) is 5.51. The number of halogens is 1. The highest BCUT2D eigenvalue weighted by atomic mass is 35.5. The molecular weight excluding hydrogens is 306 g/mol. The molecule has 0 radical (unpaired) electrons. The molecule has 1 aromatic carbocycles. The molecule has 1 amide bonds. The van der Waals surface area contributed by atoms with Gasteiger partial charge in [0.25, 0.3) is 5.91 Å². The minimum atomic E-state index is -0.0840. The van der Waals surface area contributed by atoms with Crippen LogP contribution in [0.5, 0.6) is 0 Å². The number of amides is 1. The van der Waals surface area contributed by atoms with Gasteiger partial charge in [0.2, 0.25) is 0 Å². The Morgan fingerprint density at radius 3 is 2.81 bits per heavy atom. The lowest BCUT2D eigenvalue weighted by Gasteiger charge is -2.29. The Kier molecular flexibility index (Phi) is 4.06. The van der Waals surface area contributed by atoms with E-state index in [9.17, 15) is 4.79 Å². The van der Waals surface area contributed by atoms with Gasteiger partial charge in [0, 0.05) is 16.1 Å². The number of carbonyl (C=O) groups excluding carboxylic acids is 1. The Morgan fingerprint density at radius 2 is 2.14 bits per heavy atom. The quantitative estimate of drug-likeness (QED) is 0.893. The van der Waals surface area contributed by atoms with Crippen LogP contribution in [0.2, 0.25) is 5.02 Å². The molecule has 0 atom stereocenters. The van der Waals surface area contributed by atoms with Gasteiger partial charge in [0.15, 0.2) is 0 Å². The summed E-state index contributed by atoms with van der Waals surface area (Å²) in [6.45, 7) is 2.03. The fourth-order valence-corrected chi connectivity index (χ4v) is 4.09. The van der Waals surface area contributed by atoms with Crippen LogP contribution >= 0.6 is 22.9 Å². The first kappa shape index (κ1) is 14.6. The van der Waals surface area contributed by atoms with Gasteiger partial charge in [-0.15, -0.1) is 11.3 Å². The van der Waals surface area contributed by atoms with Gasteiger partial charge in [-0.25, -0.2) is 0 Å². The molecule has 4 nitrogen and oxygen atoms in total. The molecule has 0 aliphatic carbocycles. The highest BCUT2D eigenvalue weighted by Gasteiger charge is 2.22. The highest BCUT2D eigenvalue weighted by Crippen LogP contribution is 2.38. The Bertz CT molecular complexity index is 677. The molecule has 0 spiro atoms. The van der Waals surface area contributed by atoms with E-state index in [1.165, 1.54) is 11.3 Å². The van der Waals surface area contributed by atoms with Crippen LogP contribution < -0.4 is 11.1 Å². The molecule has 2 aromatic rings. The zero-order valence-electron chi connectivity index (χ0n) is 11.9. The van der Waals surface area contributed by atoms with Gasteiger partial charge >= 0.3 is 0 Å². The van der Waals surface area contributed by atoms with Crippen molar-refractivity contribution in [3.8, 4) is 0 Å². The molecule has 0 unspecified atom stereocenters. The predicted molar refractivity (Wildman–Crippen MR) is 89.2 cm³/mol. The Hall–Kier alpha value is -1.30. The number of anilines is 1. The van der Waals surface area contributed by atoms with Crippen LogP contribution in [-0.2, 0) is 0 Å². The van der Waals surface area contributed by atoms with Crippen molar-refractivity contribution < 1.29 is 4.79 Å². The number of fused-ring (bicyclic) bond motifs is 1. The average molecular weight is 324 g/mol. The number of nitrogens with two attached hydrogens (primary N) is 1. The van der Waals surface area contributed by atoms with Crippen LogP contribution in [0, 0.1) is 0 Å². The molecular formula is C15H18ClN3OS. The monoisotopic (exact) mass is 323 g/mol. The summed E-state index contributed by atoms with van der Waals surface area (Å²) in [5, 5.41) is 4.49. The van der Waals surface area contributed by atoms with Gasteiger partial charge in [0.05, 0.1) is 10.7 Å². The van der Waals surface area contributed by atoms with E-state index in [1.807, 2.05) is 12.1 Å². The van der Waals surface area contributed by atoms with Gasteiger partial charge in [-0.1, -0.05) is 17.7 Å². The number of carbonyl (C=O) groups is 1. The fraction of sp³-hybridized carbons (Fsp3) is 0.400. The largest absolute Gasteiger partial charge is 0.397 e. The predicted octanol–water partition coefficient (Wildman–Crippen LogP) is 2.96. The molecule has 6 heteroatoms. The highest BCUT2D eigenvalue weighted by molar-refractivity contribution is 7.21. The Balaban J connectivity index is 1.82. The number of nitrogens with zero attached hydrogens (tertiary/aromatic N) is 1. The minimum Gasteiger partial charge on any atom is -0.397 e. The fourth-order valence-electron chi connectivity index (χ4n) is 2.70. The van der Waals surface area contributed by atoms with E-state index in [2.05, 4.69) is 17.3 Å². The molecule has 1 saturated heterocycles. The van der Waals surface area contributed by atoms with Crippen molar-refractivity contribution in [1.82, 2.24) is 10.2 Å². The molecule has 3 N–H and O–H groups in total. The van der Waals surface area contributed by atoms with Crippen LogP contribution in [0.3, 0.4) is 0 Å². The molecule has 1 aliphatic heterocycles. The van der Waals surface area contributed by atoms with Crippen molar-refractivity contribution >= 4 is 44.6 Å². The molecule has 0 bridgehead atoms. The van der Waals surface area contributed by atoms with E-state index in [-0.39, 0.29) is 11.9 Å². The molecule has 21 heavy (non-hydrogen) atoms. The summed E-state index contributed by atoms with van der Waals surface area (Å²) in [6, 6.07) is 5.84. The maximum atomic E-state index is 12.5. The Labute approximate surface area is 132 Å². The van der Waals surface area contributed by atoms with Gasteiger partial charge in [-0.05, 0) is 45.1 Å². The molecule has 3 rings (SSSR count). The maximum Gasteiger partial charge on any atom is 0.263 e. The van der Waals surface area contributed by atoms with Crippen molar-refractivity contribution in [3.63, 3.8) is 0 Å². The molecule has 112 valence electrons. The number of hydrogen-bond donors (Lipinski definition) is 2. The van der Waals surface area contributed by atoms with Gasteiger partial charge in [-0.2, -0.15) is 0 Å². The zero-order valence-corrected chi connectivity index (χ0v) is 13.4. The van der Waals surface area contributed by atoms with Crippen molar-refractivity contribution in [2.75, 3.05) is 25.9 Å². The third kappa shape index (κ3) is 2.86. The summed E-state index contributed by atoms with van der Waals surface area (Å²) in [7, 11) is 2.10. The standard InChI is InChI=1S/C15H18ClN3OS/c1-19-7-5-9(6-8-19)18-15(20)14-13(17)12-10(16)3-2-4-11(12)21-14/h2-4,9H,5-8,17H2,1H3,(H,18,20). The SMILES string of the molecule is CN1CCC(NC(=O)c2sc3cccc(Cl)c3c2N)CC1. The Morgan fingerprint density at radius 1 is 1.43 bits per heavy atom. The second-order valence-corrected chi connectivity index (χ2v) is 6.97. The zero-order chi connectivity index (χ0) is 15.0. The lowest BCUT2D eigenvalue weighted by Crippen LogP contribution is -2.43. The summed E-state index contributed by atoms with van der Waals surface area (Å²) < 4.78 is 0.952. The maximum absolute atomic E-state index is 12.5. The molecule has 0 saturated carbocycles. The van der Waals surface area contributed by atoms with Gasteiger partial charge in [-0.3, -0.25) is 4.79 Å². The van der Waals surface area contributed by atoms with Crippen molar-refractivity contribution in [1.29, 1.82) is 0 Å². The lowest BCUT2D eigenvalue weighted by molar-refractivity contribution is 0.0922. The van der Waals surface area contributed by atoms with E-state index in [0.717, 1.165) is 36.0 Å². The normalized spacial score (nSPS) is 17.2. The van der Waals surface area contributed by atoms with Gasteiger partial charge in [0.1, 0.15) is 4.88 Å². The van der Waals surface area contributed by atoms with Crippen molar-refractivity contribution in [3.05, 3.63) is 28.1 Å². The second kappa shape index (κ2) is 5.83. The topological polar surface area (TPSA) is 58.4 Å². The number of nitrogens with one attached hydrogen (secondary N) is 1. The van der Waals surface area contributed by atoms with Crippen LogP contribution in [0.4, 0.5) is 5.69 Å². The number of likely N-dealkylation sites (tertiary alicyclic amines) is 1. The molecule has 1 aromatic heterocycles. The number of nitrogen functional groups attached to an aromatic ring is 1. The summed E-state index contributed by atoms with van der Waals surface area (Å²) in [6.07, 6.45) is 1.96. The van der Waals surface area contributed by atoms with E-state index in [0.29, 0.717) is 15.6 Å². The van der Waals surface area contributed by atoms with Crippen LogP contribution in [0.15, 0.2) is 18.2 Å². The van der Waals surface area contributed by atoms with Crippen LogP contribution in [-0.4, -0.2) is 37.0 Å². The van der Waals surface area contributed by atoms with Crippen molar-refractivity contribution in [2.24, 2.45) is 0 Å². The third-order valence-corrected chi connectivity index (χ3v) is 5.45. The first-order valence-corrected chi connectivity index (χ1v) is 8.21. The summed E-state index contributed by atoms with van der Waals surface area (Å²) >= 11 is 7.58. The summed E-state index contributed by atoms with van der Waals surface area (Å²) in [4.78, 5) is 15.3. The van der Waals surface area contributed by atoms with Crippen molar-refractivity contribution in [2.45, 2.75) is 18.9 Å². The van der Waals surface area contributed by atoms with Crippen LogP contribution in [0.25, 0.3) is 10.1 Å². The van der Waals surface area contributed by atoms with E-state index >= 15 is 0 Å².